The Kier molecular flexibility index (Phi) is 6.52. The number of hydrogen-bond acceptors (Lipinski definition) is 3. The average Bonchev–Trinajstić information content (AvgIpc) is 2.65. The first-order valence-electron chi connectivity index (χ1n) is 8.26. The third-order valence-corrected chi connectivity index (χ3v) is 4.03. The Morgan fingerprint density at radius 2 is 1.56 bits per heavy atom. The number of hydrogen-bond donors (Lipinski definition) is 1. The molecule has 2 rings (SSSR count). The highest BCUT2D eigenvalue weighted by Gasteiger charge is 2.25. The zero-order chi connectivity index (χ0) is 18.2. The summed E-state index contributed by atoms with van der Waals surface area (Å²) in [5.74, 6) is -0.588. The van der Waals surface area contributed by atoms with Crippen LogP contribution in [0.2, 0.25) is 0 Å². The number of ketones is 1. The molecule has 0 aliphatic carbocycles. The van der Waals surface area contributed by atoms with E-state index in [0.717, 1.165) is 5.56 Å². The number of carbonyl (C=O) groups excluding carboxylic acids is 2. The molecule has 25 heavy (non-hydrogen) atoms. The maximum Gasteiger partial charge on any atom is 0.231 e. The molecule has 0 radical (unpaired) electrons. The normalized spacial score (nSPS) is 12.4. The molecule has 0 spiro atoms. The molecule has 2 aromatic rings. The molecule has 0 bridgehead atoms. The van der Waals surface area contributed by atoms with E-state index in [4.69, 9.17) is 0 Å². The van der Waals surface area contributed by atoms with E-state index in [9.17, 15) is 9.59 Å². The fourth-order valence-electron chi connectivity index (χ4n) is 2.67. The summed E-state index contributed by atoms with van der Waals surface area (Å²) in [6.07, 6.45) is 2.07. The number of rotatable bonds is 7. The minimum Gasteiger partial charge on any atom is -0.391 e. The molecule has 130 valence electrons. The van der Waals surface area contributed by atoms with Gasteiger partial charge in [0.05, 0.1) is 5.92 Å². The van der Waals surface area contributed by atoms with E-state index >= 15 is 0 Å². The lowest BCUT2D eigenvalue weighted by Crippen LogP contribution is -2.35. The van der Waals surface area contributed by atoms with Gasteiger partial charge in [0.1, 0.15) is 0 Å². The van der Waals surface area contributed by atoms with E-state index in [1.807, 2.05) is 48.5 Å². The third kappa shape index (κ3) is 5.05. The number of carbonyl (C=O) groups is 2. The second-order valence-corrected chi connectivity index (χ2v) is 6.05. The van der Waals surface area contributed by atoms with Crippen LogP contribution in [0.25, 0.3) is 0 Å². The van der Waals surface area contributed by atoms with Crippen LogP contribution in [0.15, 0.2) is 72.4 Å². The standard InChI is InChI=1S/C21H24N2O2/c1-22-19(15-20(24)17-12-8-5-9-13-17)18(21(25)23(2)3)14-16-10-6-4-7-11-16/h4-13,15,18,22H,14H2,1-3H3/b19-15+. The summed E-state index contributed by atoms with van der Waals surface area (Å²) < 4.78 is 0. The highest BCUT2D eigenvalue weighted by molar-refractivity contribution is 6.05. The van der Waals surface area contributed by atoms with Gasteiger partial charge in [-0.1, -0.05) is 60.7 Å². The smallest absolute Gasteiger partial charge is 0.231 e. The van der Waals surface area contributed by atoms with E-state index in [1.165, 1.54) is 6.08 Å². The Morgan fingerprint density at radius 3 is 2.08 bits per heavy atom. The van der Waals surface area contributed by atoms with E-state index in [2.05, 4.69) is 5.32 Å². The molecule has 1 amide bonds. The van der Waals surface area contributed by atoms with Crippen LogP contribution in [0, 0.1) is 5.92 Å². The van der Waals surface area contributed by atoms with Crippen molar-refractivity contribution in [2.75, 3.05) is 21.1 Å². The second-order valence-electron chi connectivity index (χ2n) is 6.05. The first kappa shape index (κ1) is 18.5. The molecular formula is C21H24N2O2. The van der Waals surface area contributed by atoms with Gasteiger partial charge in [0, 0.05) is 38.5 Å². The summed E-state index contributed by atoms with van der Waals surface area (Å²) in [6.45, 7) is 0. The minimum atomic E-state index is -0.435. The molecule has 0 heterocycles. The first-order valence-corrected chi connectivity index (χ1v) is 8.26. The molecule has 1 atom stereocenters. The number of benzene rings is 2. The molecular weight excluding hydrogens is 312 g/mol. The molecule has 4 heteroatoms. The van der Waals surface area contributed by atoms with Crippen LogP contribution >= 0.6 is 0 Å². The van der Waals surface area contributed by atoms with Crippen molar-refractivity contribution in [2.45, 2.75) is 6.42 Å². The fourth-order valence-corrected chi connectivity index (χ4v) is 2.67. The lowest BCUT2D eigenvalue weighted by atomic mass is 9.93. The van der Waals surface area contributed by atoms with Gasteiger partial charge in [-0.25, -0.2) is 0 Å². The summed E-state index contributed by atoms with van der Waals surface area (Å²) in [7, 11) is 5.20. The topological polar surface area (TPSA) is 49.4 Å². The SMILES string of the molecule is CN/C(=C/C(=O)c1ccccc1)C(Cc1ccccc1)C(=O)N(C)C. The van der Waals surface area contributed by atoms with Gasteiger partial charge in [0.25, 0.3) is 0 Å². The molecule has 1 unspecified atom stereocenters. The molecule has 0 saturated heterocycles. The van der Waals surface area contributed by atoms with E-state index in [-0.39, 0.29) is 11.7 Å². The molecule has 0 aliphatic heterocycles. The molecule has 0 saturated carbocycles. The van der Waals surface area contributed by atoms with Gasteiger partial charge in [-0.15, -0.1) is 0 Å². The van der Waals surface area contributed by atoms with Crippen LogP contribution < -0.4 is 5.32 Å². The third-order valence-electron chi connectivity index (χ3n) is 4.03. The Hall–Kier alpha value is -2.88. The molecule has 4 nitrogen and oxygen atoms in total. The number of nitrogens with zero attached hydrogens (tertiary/aromatic N) is 1. The van der Waals surface area contributed by atoms with Crippen LogP contribution in [-0.4, -0.2) is 37.7 Å². The zero-order valence-electron chi connectivity index (χ0n) is 14.9. The average molecular weight is 336 g/mol. The minimum absolute atomic E-state index is 0.0367. The maximum atomic E-state index is 12.7. The monoisotopic (exact) mass is 336 g/mol. The predicted molar refractivity (Wildman–Crippen MR) is 100 cm³/mol. The van der Waals surface area contributed by atoms with Crippen molar-refractivity contribution in [3.05, 3.63) is 83.6 Å². The van der Waals surface area contributed by atoms with Crippen LogP contribution in [0.5, 0.6) is 0 Å². The largest absolute Gasteiger partial charge is 0.391 e. The lowest BCUT2D eigenvalue weighted by molar-refractivity contribution is -0.131. The Labute approximate surface area is 149 Å². The summed E-state index contributed by atoms with van der Waals surface area (Å²) >= 11 is 0. The van der Waals surface area contributed by atoms with Crippen LogP contribution in [0.4, 0.5) is 0 Å². The van der Waals surface area contributed by atoms with Crippen LogP contribution in [-0.2, 0) is 11.2 Å². The van der Waals surface area contributed by atoms with Crippen molar-refractivity contribution < 1.29 is 9.59 Å². The van der Waals surface area contributed by atoms with E-state index in [1.54, 1.807) is 38.2 Å². The zero-order valence-corrected chi connectivity index (χ0v) is 14.9. The van der Waals surface area contributed by atoms with E-state index < -0.39 is 5.92 Å². The van der Waals surface area contributed by atoms with Gasteiger partial charge < -0.3 is 10.2 Å². The quantitative estimate of drug-likeness (QED) is 0.625. The Bertz CT molecular complexity index is 737. The number of allylic oxidation sites excluding steroid dienone is 1. The summed E-state index contributed by atoms with van der Waals surface area (Å²) in [5, 5.41) is 3.05. The summed E-state index contributed by atoms with van der Waals surface area (Å²) in [6, 6.07) is 18.9. The number of amides is 1. The Morgan fingerprint density at radius 1 is 1.00 bits per heavy atom. The highest BCUT2D eigenvalue weighted by Crippen LogP contribution is 2.18. The highest BCUT2D eigenvalue weighted by atomic mass is 16.2. The van der Waals surface area contributed by atoms with E-state index in [0.29, 0.717) is 17.7 Å². The van der Waals surface area contributed by atoms with Crippen molar-refractivity contribution in [3.63, 3.8) is 0 Å². The number of nitrogens with one attached hydrogen (secondary N) is 1. The van der Waals surface area contributed by atoms with Crippen molar-refractivity contribution in [1.82, 2.24) is 10.2 Å². The predicted octanol–water partition coefficient (Wildman–Crippen LogP) is 2.92. The van der Waals surface area contributed by atoms with Crippen molar-refractivity contribution in [1.29, 1.82) is 0 Å². The van der Waals surface area contributed by atoms with Gasteiger partial charge in [-0.2, -0.15) is 0 Å². The van der Waals surface area contributed by atoms with Gasteiger partial charge in [0.2, 0.25) is 5.91 Å². The van der Waals surface area contributed by atoms with Crippen molar-refractivity contribution in [2.24, 2.45) is 5.92 Å². The molecule has 2 aromatic carbocycles. The van der Waals surface area contributed by atoms with Gasteiger partial charge in [0.15, 0.2) is 5.78 Å². The van der Waals surface area contributed by atoms with Crippen molar-refractivity contribution >= 4 is 11.7 Å². The molecule has 0 fully saturated rings. The summed E-state index contributed by atoms with van der Waals surface area (Å²) in [5.41, 5.74) is 2.28. The summed E-state index contributed by atoms with van der Waals surface area (Å²) in [4.78, 5) is 26.8. The van der Waals surface area contributed by atoms with Crippen LogP contribution in [0.3, 0.4) is 0 Å². The van der Waals surface area contributed by atoms with Gasteiger partial charge >= 0.3 is 0 Å². The van der Waals surface area contributed by atoms with Gasteiger partial charge in [-0.05, 0) is 12.0 Å². The lowest BCUT2D eigenvalue weighted by Gasteiger charge is -2.23. The molecule has 0 aromatic heterocycles. The van der Waals surface area contributed by atoms with Crippen LogP contribution in [0.1, 0.15) is 15.9 Å². The molecule has 0 aliphatic rings. The molecule has 1 N–H and O–H groups in total. The second kappa shape index (κ2) is 8.83. The van der Waals surface area contributed by atoms with Gasteiger partial charge in [-0.3, -0.25) is 9.59 Å². The van der Waals surface area contributed by atoms with Crippen molar-refractivity contribution in [3.8, 4) is 0 Å². The fraction of sp³-hybridized carbons (Fsp3) is 0.238. The maximum absolute atomic E-state index is 12.7. The Balaban J connectivity index is 2.33. The first-order chi connectivity index (χ1) is 12.0.